The summed E-state index contributed by atoms with van der Waals surface area (Å²) < 4.78 is 39.1. The molecule has 0 saturated heterocycles. The molecule has 0 heterocycles. The number of esters is 2. The fourth-order valence-electron chi connectivity index (χ4n) is 2.33. The van der Waals surface area contributed by atoms with Crippen LogP contribution in [0, 0.1) is 12.8 Å². The van der Waals surface area contributed by atoms with Gasteiger partial charge in [-0.1, -0.05) is 67.7 Å². The molecule has 31 heavy (non-hydrogen) atoms. The first-order valence-corrected chi connectivity index (χ1v) is 12.6. The number of hydrogen-bond donors (Lipinski definition) is 0. The molecule has 0 bridgehead atoms. The maximum atomic E-state index is 12.3. The van der Waals surface area contributed by atoms with Gasteiger partial charge in [-0.05, 0) is 38.3 Å². The normalized spacial score (nSPS) is 12.0. The summed E-state index contributed by atoms with van der Waals surface area (Å²) in [4.78, 5) is 23.8. The summed E-state index contributed by atoms with van der Waals surface area (Å²) in [6, 6.07) is 5.96. The van der Waals surface area contributed by atoms with Crippen LogP contribution in [0.2, 0.25) is 0 Å². The van der Waals surface area contributed by atoms with Crippen molar-refractivity contribution in [1.82, 2.24) is 0 Å². The molecule has 1 aromatic rings. The molecule has 8 nitrogen and oxygen atoms in total. The Hall–Kier alpha value is -2.07. The quantitative estimate of drug-likeness (QED) is 0.147. The van der Waals surface area contributed by atoms with Crippen molar-refractivity contribution in [2.75, 3.05) is 19.0 Å². The number of unbranched alkanes of at least 4 members (excludes halogenated alkanes) is 2. The first kappa shape index (κ1) is 27.0. The highest BCUT2D eigenvalue weighted by atomic mass is 32.2. The van der Waals surface area contributed by atoms with Gasteiger partial charge in [0.1, 0.15) is 4.90 Å². The van der Waals surface area contributed by atoms with Gasteiger partial charge >= 0.3 is 22.1 Å². The molecule has 1 rings (SSSR count). The highest BCUT2D eigenvalue weighted by molar-refractivity contribution is 8.16. The molecule has 0 aliphatic carbocycles. The lowest BCUT2D eigenvalue weighted by Crippen LogP contribution is -2.19. The van der Waals surface area contributed by atoms with Crippen molar-refractivity contribution in [3.63, 3.8) is 0 Å². The van der Waals surface area contributed by atoms with Crippen molar-refractivity contribution in [2.45, 2.75) is 58.3 Å². The van der Waals surface area contributed by atoms with E-state index in [0.717, 1.165) is 31.2 Å². The predicted molar refractivity (Wildman–Crippen MR) is 120 cm³/mol. The van der Waals surface area contributed by atoms with Crippen LogP contribution in [-0.4, -0.2) is 44.4 Å². The zero-order chi connectivity index (χ0) is 23.3. The first-order valence-electron chi connectivity index (χ1n) is 10.2. The summed E-state index contributed by atoms with van der Waals surface area (Å²) in [5.41, 5.74) is 0.878. The predicted octanol–water partition coefficient (Wildman–Crippen LogP) is 4.07. The minimum atomic E-state index is -4.21. The molecule has 0 atom stereocenters. The van der Waals surface area contributed by atoms with Gasteiger partial charge in [-0.25, -0.2) is 4.79 Å². The zero-order valence-corrected chi connectivity index (χ0v) is 20.1. The lowest BCUT2D eigenvalue weighted by Gasteiger charge is -2.08. The third-order valence-electron chi connectivity index (χ3n) is 3.99. The maximum Gasteiger partial charge on any atom is 0.367 e. The summed E-state index contributed by atoms with van der Waals surface area (Å²) in [5, 5.41) is 3.05. The molecular weight excluding hydrogens is 442 g/mol. The first-order chi connectivity index (χ1) is 14.7. The number of benzene rings is 1. The van der Waals surface area contributed by atoms with Crippen LogP contribution >= 0.6 is 11.8 Å². The second kappa shape index (κ2) is 14.1. The molecule has 10 heteroatoms. The van der Waals surface area contributed by atoms with Crippen LogP contribution in [0.3, 0.4) is 0 Å². The Morgan fingerprint density at radius 3 is 2.35 bits per heavy atom. The minimum Gasteiger partial charge on any atom is -0.465 e. The van der Waals surface area contributed by atoms with Crippen molar-refractivity contribution >= 4 is 38.9 Å². The highest BCUT2D eigenvalue weighted by Crippen LogP contribution is 2.16. The van der Waals surface area contributed by atoms with Gasteiger partial charge in [-0.15, -0.1) is 0 Å². The molecule has 174 valence electrons. The maximum absolute atomic E-state index is 12.3. The van der Waals surface area contributed by atoms with Crippen LogP contribution in [0.5, 0.6) is 0 Å². The smallest absolute Gasteiger partial charge is 0.367 e. The summed E-state index contributed by atoms with van der Waals surface area (Å²) >= 11 is 0.700. The van der Waals surface area contributed by atoms with Gasteiger partial charge < -0.3 is 9.47 Å². The summed E-state index contributed by atoms with van der Waals surface area (Å²) in [6.45, 7) is 8.09. The van der Waals surface area contributed by atoms with E-state index in [-0.39, 0.29) is 22.3 Å². The Morgan fingerprint density at radius 1 is 1.06 bits per heavy atom. The van der Waals surface area contributed by atoms with Crippen LogP contribution < -0.4 is 0 Å². The molecule has 0 N–H and O–H groups in total. The Bertz CT molecular complexity index is 834. The molecule has 0 amide bonds. The van der Waals surface area contributed by atoms with E-state index in [2.05, 4.69) is 23.3 Å². The summed E-state index contributed by atoms with van der Waals surface area (Å²) in [7, 11) is -4.21. The van der Waals surface area contributed by atoms with E-state index in [9.17, 15) is 18.0 Å². The molecule has 0 aliphatic heterocycles. The molecule has 0 saturated carbocycles. The average Bonchev–Trinajstić information content (AvgIpc) is 2.70. The van der Waals surface area contributed by atoms with Gasteiger partial charge in [0.25, 0.3) is 0 Å². The third kappa shape index (κ3) is 11.2. The van der Waals surface area contributed by atoms with Crippen molar-refractivity contribution < 1.29 is 31.8 Å². The Labute approximate surface area is 188 Å². The number of thioether (sulfide) groups is 1. The minimum absolute atomic E-state index is 0.0595. The Morgan fingerprint density at radius 2 is 1.74 bits per heavy atom. The van der Waals surface area contributed by atoms with E-state index >= 15 is 0 Å². The van der Waals surface area contributed by atoms with Gasteiger partial charge in [0.2, 0.25) is 5.04 Å². The van der Waals surface area contributed by atoms with Crippen molar-refractivity contribution in [1.29, 1.82) is 0 Å². The number of carbonyl (C=O) groups is 2. The van der Waals surface area contributed by atoms with E-state index in [0.29, 0.717) is 24.3 Å². The van der Waals surface area contributed by atoms with E-state index in [4.69, 9.17) is 9.47 Å². The second-order valence-electron chi connectivity index (χ2n) is 7.21. The fraction of sp³-hybridized carbons (Fsp3) is 0.571. The molecule has 0 aromatic heterocycles. The number of oxime groups is 1. The van der Waals surface area contributed by atoms with Gasteiger partial charge in [0, 0.05) is 0 Å². The van der Waals surface area contributed by atoms with Gasteiger partial charge in [-0.3, -0.25) is 9.08 Å². The second-order valence-corrected chi connectivity index (χ2v) is 9.70. The molecule has 1 aromatic carbocycles. The topological polar surface area (TPSA) is 108 Å². The van der Waals surface area contributed by atoms with E-state index < -0.39 is 22.1 Å². The summed E-state index contributed by atoms with van der Waals surface area (Å²) in [5.74, 6) is -0.991. The molecule has 0 fully saturated rings. The van der Waals surface area contributed by atoms with Crippen molar-refractivity contribution in [3.8, 4) is 0 Å². The van der Waals surface area contributed by atoms with Crippen LogP contribution in [0.15, 0.2) is 34.3 Å². The van der Waals surface area contributed by atoms with Gasteiger partial charge in [-0.2, -0.15) is 8.42 Å². The van der Waals surface area contributed by atoms with Crippen LogP contribution in [0.4, 0.5) is 0 Å². The monoisotopic (exact) mass is 473 g/mol. The fourth-order valence-corrected chi connectivity index (χ4v) is 3.71. The number of aryl methyl sites for hydroxylation is 1. The molecule has 0 spiro atoms. The van der Waals surface area contributed by atoms with Gasteiger partial charge in [0.15, 0.2) is 0 Å². The summed E-state index contributed by atoms with van der Waals surface area (Å²) in [6.07, 6.45) is 3.95. The number of ether oxygens (including phenoxy) is 2. The third-order valence-corrected chi connectivity index (χ3v) is 6.01. The Balaban J connectivity index is 2.61. The van der Waals surface area contributed by atoms with Crippen LogP contribution in [0.25, 0.3) is 0 Å². The molecular formula is C21H31NO7S2. The SMILES string of the molecule is CCOC(=O)/C(=N/OS(=O)(=O)c1ccc(C)cc1)SCC(=O)OCCCCCC(C)C. The number of rotatable bonds is 12. The van der Waals surface area contributed by atoms with Crippen LogP contribution in [0.1, 0.15) is 52.0 Å². The molecule has 0 radical (unpaired) electrons. The average molecular weight is 474 g/mol. The standard InChI is InChI=1S/C21H31NO7S2/c1-5-27-21(24)20(22-29-31(25,26)18-12-10-17(4)11-13-18)30-15-19(23)28-14-8-6-7-9-16(2)3/h10-13,16H,5-9,14-15H2,1-4H3/b22-20-. The number of nitrogens with zero attached hydrogens (tertiary/aromatic N) is 1. The van der Waals surface area contributed by atoms with Crippen molar-refractivity contribution in [2.24, 2.45) is 11.1 Å². The van der Waals surface area contributed by atoms with Crippen molar-refractivity contribution in [3.05, 3.63) is 29.8 Å². The van der Waals surface area contributed by atoms with Crippen LogP contribution in [-0.2, 0) is 33.5 Å². The largest absolute Gasteiger partial charge is 0.465 e. The zero-order valence-electron chi connectivity index (χ0n) is 18.5. The lowest BCUT2D eigenvalue weighted by atomic mass is 10.1. The number of carbonyl (C=O) groups excluding carboxylic acids is 2. The highest BCUT2D eigenvalue weighted by Gasteiger charge is 2.21. The lowest BCUT2D eigenvalue weighted by molar-refractivity contribution is -0.140. The molecule has 0 unspecified atom stereocenters. The van der Waals surface area contributed by atoms with Gasteiger partial charge in [0.05, 0.1) is 19.0 Å². The Kier molecular flexibility index (Phi) is 12.2. The van der Waals surface area contributed by atoms with E-state index in [1.807, 2.05) is 6.92 Å². The molecule has 0 aliphatic rings. The van der Waals surface area contributed by atoms with E-state index in [1.54, 1.807) is 19.1 Å². The van der Waals surface area contributed by atoms with E-state index in [1.165, 1.54) is 12.1 Å². The number of hydrogen-bond acceptors (Lipinski definition) is 9.